The molecule has 0 saturated carbocycles. The van der Waals surface area contributed by atoms with Crippen molar-refractivity contribution in [2.24, 2.45) is 11.3 Å². The summed E-state index contributed by atoms with van der Waals surface area (Å²) >= 11 is 0. The predicted molar refractivity (Wildman–Crippen MR) is 68.3 cm³/mol. The number of hydrogen-bond donors (Lipinski definition) is 0. The molecule has 1 unspecified atom stereocenters. The maximum atomic E-state index is 12.6. The fraction of sp³-hybridized carbons (Fsp3) is 0.786. The first-order valence-electron chi connectivity index (χ1n) is 6.57. The summed E-state index contributed by atoms with van der Waals surface area (Å²) < 4.78 is 0. The van der Waals surface area contributed by atoms with Gasteiger partial charge in [0.25, 0.3) is 0 Å². The molecule has 0 aromatic carbocycles. The molecular formula is C14H22N2O2. The highest BCUT2D eigenvalue weighted by Gasteiger charge is 2.56. The number of imide groups is 1. The number of rotatable bonds is 4. The lowest BCUT2D eigenvalue weighted by Gasteiger charge is -2.35. The van der Waals surface area contributed by atoms with Crippen molar-refractivity contribution in [3.8, 4) is 6.07 Å². The van der Waals surface area contributed by atoms with Crippen LogP contribution in [0.25, 0.3) is 0 Å². The van der Waals surface area contributed by atoms with E-state index in [1.54, 1.807) is 0 Å². The maximum absolute atomic E-state index is 12.6. The molecule has 1 aliphatic rings. The number of amides is 2. The van der Waals surface area contributed by atoms with Crippen molar-refractivity contribution in [3.63, 3.8) is 0 Å². The number of nitrogens with zero attached hydrogens (tertiary/aromatic N) is 2. The van der Waals surface area contributed by atoms with E-state index in [1.165, 1.54) is 4.90 Å². The Labute approximate surface area is 109 Å². The van der Waals surface area contributed by atoms with Crippen LogP contribution in [-0.2, 0) is 9.59 Å². The average molecular weight is 250 g/mol. The quantitative estimate of drug-likeness (QED) is 0.720. The average Bonchev–Trinajstić information content (AvgIpc) is 2.57. The first-order valence-corrected chi connectivity index (χ1v) is 6.57. The van der Waals surface area contributed by atoms with E-state index in [1.807, 2.05) is 34.6 Å². The summed E-state index contributed by atoms with van der Waals surface area (Å²) in [4.78, 5) is 26.0. The molecule has 1 aliphatic heterocycles. The third-order valence-corrected chi connectivity index (χ3v) is 4.54. The van der Waals surface area contributed by atoms with Crippen LogP contribution < -0.4 is 0 Å². The summed E-state index contributed by atoms with van der Waals surface area (Å²) in [7, 11) is 0. The molecule has 1 fully saturated rings. The number of carbonyl (C=O) groups is 2. The lowest BCUT2D eigenvalue weighted by atomic mass is 9.77. The standard InChI is InChI=1S/C14H22N2O2/c1-6-14(7-2,9-15)16-11(17)8-13(5,10(3)4)12(16)18/h10H,6-8H2,1-5H3. The second kappa shape index (κ2) is 4.72. The molecule has 0 aliphatic carbocycles. The van der Waals surface area contributed by atoms with Gasteiger partial charge in [-0.25, -0.2) is 0 Å². The Bertz CT molecular complexity index is 405. The molecule has 100 valence electrons. The Morgan fingerprint density at radius 2 is 1.89 bits per heavy atom. The van der Waals surface area contributed by atoms with Gasteiger partial charge >= 0.3 is 0 Å². The molecule has 0 radical (unpaired) electrons. The van der Waals surface area contributed by atoms with Gasteiger partial charge < -0.3 is 0 Å². The van der Waals surface area contributed by atoms with Crippen molar-refractivity contribution in [1.82, 2.24) is 4.90 Å². The minimum absolute atomic E-state index is 0.0871. The summed E-state index contributed by atoms with van der Waals surface area (Å²) in [5.41, 5.74) is -1.63. The Hall–Kier alpha value is -1.37. The normalized spacial score (nSPS) is 24.8. The van der Waals surface area contributed by atoms with Crippen LogP contribution in [-0.4, -0.2) is 22.3 Å². The molecule has 0 aromatic rings. The van der Waals surface area contributed by atoms with Gasteiger partial charge in [-0.1, -0.05) is 27.7 Å². The molecular weight excluding hydrogens is 228 g/mol. The largest absolute Gasteiger partial charge is 0.274 e. The van der Waals surface area contributed by atoms with Crippen LogP contribution in [0.2, 0.25) is 0 Å². The highest BCUT2D eigenvalue weighted by molar-refractivity contribution is 6.06. The second-order valence-electron chi connectivity index (χ2n) is 5.63. The monoisotopic (exact) mass is 250 g/mol. The van der Waals surface area contributed by atoms with E-state index in [0.717, 1.165) is 0 Å². The van der Waals surface area contributed by atoms with Crippen LogP contribution >= 0.6 is 0 Å². The number of likely N-dealkylation sites (tertiary alicyclic amines) is 1. The summed E-state index contributed by atoms with van der Waals surface area (Å²) in [6.07, 6.45) is 1.17. The van der Waals surface area contributed by atoms with Crippen molar-refractivity contribution in [3.05, 3.63) is 0 Å². The Morgan fingerprint density at radius 3 is 2.17 bits per heavy atom. The SMILES string of the molecule is CCC(C#N)(CC)N1C(=O)CC(C)(C(C)C)C1=O. The molecule has 18 heavy (non-hydrogen) atoms. The first kappa shape index (κ1) is 14.7. The molecule has 2 amide bonds. The van der Waals surface area contributed by atoms with Crippen LogP contribution in [0.5, 0.6) is 0 Å². The summed E-state index contributed by atoms with van der Waals surface area (Å²) in [5, 5.41) is 9.39. The molecule has 1 saturated heterocycles. The minimum atomic E-state index is -0.971. The van der Waals surface area contributed by atoms with Gasteiger partial charge in [0.2, 0.25) is 11.8 Å². The van der Waals surface area contributed by atoms with Crippen LogP contribution in [0.15, 0.2) is 0 Å². The molecule has 0 N–H and O–H groups in total. The topological polar surface area (TPSA) is 61.2 Å². The zero-order valence-corrected chi connectivity index (χ0v) is 11.9. The molecule has 4 heteroatoms. The molecule has 1 heterocycles. The van der Waals surface area contributed by atoms with E-state index in [0.29, 0.717) is 12.8 Å². The maximum Gasteiger partial charge on any atom is 0.237 e. The van der Waals surface area contributed by atoms with Gasteiger partial charge in [-0.05, 0) is 25.7 Å². The summed E-state index contributed by atoms with van der Waals surface area (Å²) in [5.74, 6) is -0.307. The van der Waals surface area contributed by atoms with Crippen molar-refractivity contribution >= 4 is 11.8 Å². The van der Waals surface area contributed by atoms with Gasteiger partial charge in [0, 0.05) is 6.42 Å². The highest BCUT2D eigenvalue weighted by Crippen LogP contribution is 2.43. The smallest absolute Gasteiger partial charge is 0.237 e. The van der Waals surface area contributed by atoms with E-state index in [9.17, 15) is 14.9 Å². The van der Waals surface area contributed by atoms with Gasteiger partial charge in [-0.15, -0.1) is 0 Å². The fourth-order valence-corrected chi connectivity index (χ4v) is 2.50. The predicted octanol–water partition coefficient (Wildman–Crippen LogP) is 2.49. The van der Waals surface area contributed by atoms with Gasteiger partial charge in [-0.2, -0.15) is 5.26 Å². The number of hydrogen-bond acceptors (Lipinski definition) is 3. The van der Waals surface area contributed by atoms with Crippen LogP contribution in [0.4, 0.5) is 0 Å². The fourth-order valence-electron chi connectivity index (χ4n) is 2.50. The third kappa shape index (κ3) is 1.82. The third-order valence-electron chi connectivity index (χ3n) is 4.54. The van der Waals surface area contributed by atoms with Crippen LogP contribution in [0.1, 0.15) is 53.9 Å². The Kier molecular flexibility index (Phi) is 3.85. The molecule has 0 aromatic heterocycles. The molecule has 4 nitrogen and oxygen atoms in total. The molecule has 1 atom stereocenters. The van der Waals surface area contributed by atoms with E-state index in [4.69, 9.17) is 0 Å². The first-order chi connectivity index (χ1) is 8.29. The minimum Gasteiger partial charge on any atom is -0.274 e. The molecule has 0 bridgehead atoms. The van der Waals surface area contributed by atoms with Crippen LogP contribution in [0.3, 0.4) is 0 Å². The number of carbonyl (C=O) groups excluding carboxylic acids is 2. The van der Waals surface area contributed by atoms with E-state index >= 15 is 0 Å². The summed E-state index contributed by atoms with van der Waals surface area (Å²) in [6.45, 7) is 9.41. The van der Waals surface area contributed by atoms with Gasteiger partial charge in [0.15, 0.2) is 0 Å². The van der Waals surface area contributed by atoms with E-state index in [2.05, 4.69) is 6.07 Å². The summed E-state index contributed by atoms with van der Waals surface area (Å²) in [6, 6.07) is 2.18. The Morgan fingerprint density at radius 1 is 1.39 bits per heavy atom. The van der Waals surface area contributed by atoms with E-state index < -0.39 is 11.0 Å². The van der Waals surface area contributed by atoms with Crippen LogP contribution in [0, 0.1) is 22.7 Å². The van der Waals surface area contributed by atoms with Crippen molar-refractivity contribution in [2.75, 3.05) is 0 Å². The number of nitriles is 1. The zero-order chi connectivity index (χ0) is 14.1. The highest BCUT2D eigenvalue weighted by atomic mass is 16.2. The lowest BCUT2D eigenvalue weighted by Crippen LogP contribution is -2.51. The molecule has 0 spiro atoms. The zero-order valence-electron chi connectivity index (χ0n) is 11.9. The van der Waals surface area contributed by atoms with Gasteiger partial charge in [0.1, 0.15) is 5.54 Å². The Balaban J connectivity index is 3.25. The molecule has 1 rings (SSSR count). The van der Waals surface area contributed by atoms with Crippen molar-refractivity contribution in [1.29, 1.82) is 5.26 Å². The van der Waals surface area contributed by atoms with Gasteiger partial charge in [0.05, 0.1) is 11.5 Å². The lowest BCUT2D eigenvalue weighted by molar-refractivity contribution is -0.147. The van der Waals surface area contributed by atoms with E-state index in [-0.39, 0.29) is 24.2 Å². The van der Waals surface area contributed by atoms with Gasteiger partial charge in [-0.3, -0.25) is 14.5 Å². The second-order valence-corrected chi connectivity index (χ2v) is 5.63. The van der Waals surface area contributed by atoms with Crippen molar-refractivity contribution < 1.29 is 9.59 Å². The van der Waals surface area contributed by atoms with Crippen molar-refractivity contribution in [2.45, 2.75) is 59.4 Å².